The SMILES string of the molecule is CN(C)S(=O)(=O)c1ccc(F)c(C(=O)Nc2nccs2)c1. The number of hydrogen-bond donors (Lipinski definition) is 1. The molecule has 21 heavy (non-hydrogen) atoms. The summed E-state index contributed by atoms with van der Waals surface area (Å²) in [5.41, 5.74) is -0.354. The summed E-state index contributed by atoms with van der Waals surface area (Å²) in [6.07, 6.45) is 1.49. The Morgan fingerprint density at radius 2 is 2.10 bits per heavy atom. The molecule has 2 rings (SSSR count). The van der Waals surface area contributed by atoms with E-state index in [0.717, 1.165) is 22.5 Å². The minimum atomic E-state index is -3.74. The second-order valence-corrected chi connectivity index (χ2v) is 7.27. The maximum Gasteiger partial charge on any atom is 0.260 e. The lowest BCUT2D eigenvalue weighted by Gasteiger charge is -2.12. The lowest BCUT2D eigenvalue weighted by molar-refractivity contribution is 0.102. The van der Waals surface area contributed by atoms with Crippen molar-refractivity contribution < 1.29 is 17.6 Å². The van der Waals surface area contributed by atoms with Gasteiger partial charge in [0.25, 0.3) is 5.91 Å². The van der Waals surface area contributed by atoms with E-state index in [1.54, 1.807) is 5.38 Å². The van der Waals surface area contributed by atoms with Gasteiger partial charge in [-0.2, -0.15) is 0 Å². The standard InChI is InChI=1S/C12H12FN3O3S2/c1-16(2)21(18,19)8-3-4-10(13)9(7-8)11(17)15-12-14-5-6-20-12/h3-7H,1-2H3,(H,14,15,17). The fourth-order valence-corrected chi connectivity index (χ4v) is 2.95. The first-order valence-electron chi connectivity index (χ1n) is 5.75. The van der Waals surface area contributed by atoms with Crippen LogP contribution in [0.1, 0.15) is 10.4 Å². The third-order valence-electron chi connectivity index (χ3n) is 2.61. The molecule has 9 heteroatoms. The molecule has 1 amide bonds. The lowest BCUT2D eigenvalue weighted by atomic mass is 10.2. The Balaban J connectivity index is 2.38. The molecule has 0 saturated heterocycles. The van der Waals surface area contributed by atoms with Gasteiger partial charge in [0.05, 0.1) is 10.5 Å². The van der Waals surface area contributed by atoms with E-state index in [4.69, 9.17) is 0 Å². The van der Waals surface area contributed by atoms with Crippen LogP contribution in [-0.4, -0.2) is 37.7 Å². The molecule has 0 bridgehead atoms. The number of amides is 1. The van der Waals surface area contributed by atoms with E-state index in [0.29, 0.717) is 5.13 Å². The summed E-state index contributed by atoms with van der Waals surface area (Å²) in [7, 11) is -1.03. The smallest absolute Gasteiger partial charge is 0.260 e. The Labute approximate surface area is 125 Å². The topological polar surface area (TPSA) is 79.4 Å². The molecule has 1 heterocycles. The van der Waals surface area contributed by atoms with E-state index in [-0.39, 0.29) is 10.5 Å². The number of thiazole rings is 1. The Morgan fingerprint density at radius 1 is 1.38 bits per heavy atom. The molecule has 0 aliphatic carbocycles. The number of halogens is 1. The summed E-state index contributed by atoms with van der Waals surface area (Å²) in [6.45, 7) is 0. The van der Waals surface area contributed by atoms with Crippen LogP contribution in [0.2, 0.25) is 0 Å². The van der Waals surface area contributed by atoms with Crippen molar-refractivity contribution in [2.45, 2.75) is 4.90 Å². The molecule has 0 fully saturated rings. The highest BCUT2D eigenvalue weighted by molar-refractivity contribution is 7.89. The highest BCUT2D eigenvalue weighted by Crippen LogP contribution is 2.19. The highest BCUT2D eigenvalue weighted by Gasteiger charge is 2.21. The van der Waals surface area contributed by atoms with Crippen molar-refractivity contribution in [3.05, 3.63) is 41.2 Å². The van der Waals surface area contributed by atoms with Crippen LogP contribution in [0.5, 0.6) is 0 Å². The Hall–Kier alpha value is -1.84. The van der Waals surface area contributed by atoms with Gasteiger partial charge in [0.15, 0.2) is 5.13 Å². The van der Waals surface area contributed by atoms with Crippen molar-refractivity contribution in [1.29, 1.82) is 0 Å². The average Bonchev–Trinajstić information content (AvgIpc) is 2.91. The van der Waals surface area contributed by atoms with Crippen molar-refractivity contribution in [1.82, 2.24) is 9.29 Å². The maximum absolute atomic E-state index is 13.8. The zero-order valence-corrected chi connectivity index (χ0v) is 12.8. The van der Waals surface area contributed by atoms with E-state index in [9.17, 15) is 17.6 Å². The molecule has 1 aromatic carbocycles. The summed E-state index contributed by atoms with van der Waals surface area (Å²) in [5.74, 6) is -1.56. The van der Waals surface area contributed by atoms with Gasteiger partial charge in [-0.05, 0) is 18.2 Å². The zero-order chi connectivity index (χ0) is 15.6. The van der Waals surface area contributed by atoms with Gasteiger partial charge in [-0.25, -0.2) is 22.1 Å². The molecule has 0 saturated carbocycles. The maximum atomic E-state index is 13.8. The number of rotatable bonds is 4. The Bertz CT molecular complexity index is 758. The average molecular weight is 329 g/mol. The first-order valence-corrected chi connectivity index (χ1v) is 8.07. The number of nitrogens with one attached hydrogen (secondary N) is 1. The van der Waals surface area contributed by atoms with Gasteiger partial charge in [-0.15, -0.1) is 11.3 Å². The summed E-state index contributed by atoms with van der Waals surface area (Å²) in [5, 5.41) is 4.36. The van der Waals surface area contributed by atoms with Crippen molar-refractivity contribution in [3.63, 3.8) is 0 Å². The molecule has 1 aromatic heterocycles. The molecular weight excluding hydrogens is 317 g/mol. The van der Waals surface area contributed by atoms with Crippen LogP contribution in [0, 0.1) is 5.82 Å². The largest absolute Gasteiger partial charge is 0.298 e. The predicted molar refractivity (Wildman–Crippen MR) is 77.3 cm³/mol. The number of aromatic nitrogens is 1. The van der Waals surface area contributed by atoms with Gasteiger partial charge in [-0.3, -0.25) is 10.1 Å². The first-order chi connectivity index (χ1) is 9.82. The number of anilines is 1. The van der Waals surface area contributed by atoms with Crippen LogP contribution >= 0.6 is 11.3 Å². The fourth-order valence-electron chi connectivity index (χ4n) is 1.50. The van der Waals surface area contributed by atoms with Gasteiger partial charge < -0.3 is 0 Å². The van der Waals surface area contributed by atoms with Gasteiger partial charge >= 0.3 is 0 Å². The number of sulfonamides is 1. The first kappa shape index (κ1) is 15.5. The molecular formula is C12H12FN3O3S2. The number of benzene rings is 1. The molecule has 0 radical (unpaired) electrons. The monoisotopic (exact) mass is 329 g/mol. The van der Waals surface area contributed by atoms with Crippen molar-refractivity contribution in [2.24, 2.45) is 0 Å². The van der Waals surface area contributed by atoms with Crippen LogP contribution in [0.3, 0.4) is 0 Å². The van der Waals surface area contributed by atoms with E-state index < -0.39 is 21.7 Å². The second kappa shape index (κ2) is 5.88. The van der Waals surface area contributed by atoms with Gasteiger partial charge in [0.2, 0.25) is 10.0 Å². The van der Waals surface area contributed by atoms with E-state index >= 15 is 0 Å². The minimum absolute atomic E-state index is 0.154. The van der Waals surface area contributed by atoms with Crippen molar-refractivity contribution in [3.8, 4) is 0 Å². The van der Waals surface area contributed by atoms with Gasteiger partial charge in [0.1, 0.15) is 5.82 Å². The minimum Gasteiger partial charge on any atom is -0.298 e. The number of carbonyl (C=O) groups is 1. The third kappa shape index (κ3) is 3.26. The molecule has 0 spiro atoms. The number of nitrogens with zero attached hydrogens (tertiary/aromatic N) is 2. The summed E-state index contributed by atoms with van der Waals surface area (Å²) >= 11 is 1.17. The quantitative estimate of drug-likeness (QED) is 0.927. The van der Waals surface area contributed by atoms with Crippen LogP contribution in [0.25, 0.3) is 0 Å². The summed E-state index contributed by atoms with van der Waals surface area (Å²) in [6, 6.07) is 3.07. The fraction of sp³-hybridized carbons (Fsp3) is 0.167. The third-order valence-corrected chi connectivity index (χ3v) is 5.11. The van der Waals surface area contributed by atoms with Crippen LogP contribution in [0.15, 0.2) is 34.7 Å². The zero-order valence-electron chi connectivity index (χ0n) is 11.2. The number of hydrogen-bond acceptors (Lipinski definition) is 5. The Kier molecular flexibility index (Phi) is 4.35. The molecule has 0 aliphatic heterocycles. The van der Waals surface area contributed by atoms with E-state index in [2.05, 4.69) is 10.3 Å². The lowest BCUT2D eigenvalue weighted by Crippen LogP contribution is -2.23. The molecule has 6 nitrogen and oxygen atoms in total. The van der Waals surface area contributed by atoms with Crippen LogP contribution < -0.4 is 5.32 Å². The number of carbonyl (C=O) groups excluding carboxylic acids is 1. The van der Waals surface area contributed by atoms with E-state index in [1.807, 2.05) is 0 Å². The molecule has 0 unspecified atom stereocenters. The van der Waals surface area contributed by atoms with Crippen LogP contribution in [0.4, 0.5) is 9.52 Å². The highest BCUT2D eigenvalue weighted by atomic mass is 32.2. The second-order valence-electron chi connectivity index (χ2n) is 4.22. The molecule has 1 N–H and O–H groups in total. The summed E-state index contributed by atoms with van der Waals surface area (Å²) in [4.78, 5) is 15.7. The van der Waals surface area contributed by atoms with Crippen molar-refractivity contribution in [2.75, 3.05) is 19.4 Å². The normalized spacial score (nSPS) is 11.6. The van der Waals surface area contributed by atoms with Gasteiger partial charge in [0, 0.05) is 25.7 Å². The van der Waals surface area contributed by atoms with Crippen molar-refractivity contribution >= 4 is 32.4 Å². The Morgan fingerprint density at radius 3 is 2.67 bits per heavy atom. The van der Waals surface area contributed by atoms with Gasteiger partial charge in [-0.1, -0.05) is 0 Å². The molecule has 0 aliphatic rings. The molecule has 0 atom stereocenters. The molecule has 112 valence electrons. The molecule has 2 aromatic rings. The van der Waals surface area contributed by atoms with Crippen LogP contribution in [-0.2, 0) is 10.0 Å². The summed E-state index contributed by atoms with van der Waals surface area (Å²) < 4.78 is 38.7. The van der Waals surface area contributed by atoms with E-state index in [1.165, 1.54) is 31.6 Å². The predicted octanol–water partition coefficient (Wildman–Crippen LogP) is 1.78.